The smallest absolute Gasteiger partial charge is 0.281 e. The number of Topliss-reactive ketones (excluding diaryl/α,β-unsaturated/α-hetero) is 1. The minimum Gasteiger partial charge on any atom is -0.506 e. The van der Waals surface area contributed by atoms with E-state index in [1.807, 2.05) is 17.5 Å². The predicted molar refractivity (Wildman–Crippen MR) is 160 cm³/mol. The van der Waals surface area contributed by atoms with Crippen LogP contribution in [0.2, 0.25) is 0 Å². The van der Waals surface area contributed by atoms with Gasteiger partial charge in [0.15, 0.2) is 5.78 Å². The van der Waals surface area contributed by atoms with Gasteiger partial charge in [0.05, 0.1) is 39.1 Å². The quantitative estimate of drug-likeness (QED) is 0.130. The number of carbonyl (C=O) groups excluding carboxylic acids is 2. The van der Waals surface area contributed by atoms with Crippen LogP contribution in [-0.2, 0) is 10.2 Å². The first-order valence-electron chi connectivity index (χ1n) is 13.3. The van der Waals surface area contributed by atoms with Crippen molar-refractivity contribution < 1.29 is 19.4 Å². The molecule has 7 nitrogen and oxygen atoms in total. The number of aromatic hydroxyl groups is 1. The molecule has 0 unspecified atom stereocenters. The van der Waals surface area contributed by atoms with Crippen LogP contribution in [0.25, 0.3) is 10.4 Å². The summed E-state index contributed by atoms with van der Waals surface area (Å²) in [4.78, 5) is 29.4. The fourth-order valence-corrected chi connectivity index (χ4v) is 6.24. The molecule has 0 atom stereocenters. The first kappa shape index (κ1) is 29.1. The van der Waals surface area contributed by atoms with E-state index in [-0.39, 0.29) is 22.9 Å². The Morgan fingerprint density at radius 1 is 1.05 bits per heavy atom. The Hall–Kier alpha value is -2.85. The van der Waals surface area contributed by atoms with Crippen molar-refractivity contribution in [2.75, 3.05) is 32.8 Å². The first-order chi connectivity index (χ1) is 18.6. The van der Waals surface area contributed by atoms with E-state index in [2.05, 4.69) is 48.3 Å². The molecule has 4 rings (SSSR count). The van der Waals surface area contributed by atoms with E-state index >= 15 is 0 Å². The molecule has 1 aliphatic heterocycles. The molecule has 0 aliphatic carbocycles. The molecule has 1 amide bonds. The summed E-state index contributed by atoms with van der Waals surface area (Å²) in [6, 6.07) is 11.6. The van der Waals surface area contributed by atoms with Gasteiger partial charge in [0.25, 0.3) is 5.91 Å². The van der Waals surface area contributed by atoms with Gasteiger partial charge in [-0.15, -0.1) is 22.7 Å². The highest BCUT2D eigenvalue weighted by Gasteiger charge is 2.18. The van der Waals surface area contributed by atoms with E-state index in [1.165, 1.54) is 28.2 Å². The minimum atomic E-state index is -0.376. The topological polar surface area (TPSA) is 91.2 Å². The van der Waals surface area contributed by atoms with Crippen LogP contribution in [0.5, 0.6) is 5.75 Å². The highest BCUT2D eigenvalue weighted by atomic mass is 32.1. The number of benzene rings is 1. The lowest BCUT2D eigenvalue weighted by Gasteiger charge is -2.26. The number of amides is 1. The van der Waals surface area contributed by atoms with Gasteiger partial charge in [0.2, 0.25) is 0 Å². The Morgan fingerprint density at radius 2 is 1.74 bits per heavy atom. The van der Waals surface area contributed by atoms with E-state index in [4.69, 9.17) is 4.74 Å². The van der Waals surface area contributed by atoms with Crippen molar-refractivity contribution >= 4 is 40.1 Å². The Morgan fingerprint density at radius 3 is 2.44 bits per heavy atom. The van der Waals surface area contributed by atoms with Crippen LogP contribution in [0, 0.1) is 0 Å². The molecule has 9 heteroatoms. The van der Waals surface area contributed by atoms with Gasteiger partial charge in [-0.1, -0.05) is 45.0 Å². The maximum Gasteiger partial charge on any atom is 0.281 e. The summed E-state index contributed by atoms with van der Waals surface area (Å²) >= 11 is 2.62. The summed E-state index contributed by atoms with van der Waals surface area (Å²) in [7, 11) is 0. The summed E-state index contributed by atoms with van der Waals surface area (Å²) in [5, 5.41) is 16.9. The number of nitrogens with one attached hydrogen (secondary N) is 1. The standard InChI is InChI=1S/C30H37N3O4S2/c1-20(23-19-38-28(27(23)35)21-8-10-22(11-9-21)30(2,3)4)31-32-29(36)26-13-12-25(39-26)24(34)7-5-6-14-33-15-17-37-18-16-33/h8-13,19,35H,5-7,14-18H2,1-4H3,(H,32,36)/b31-20+. The zero-order valence-corrected chi connectivity index (χ0v) is 24.7. The molecule has 1 fully saturated rings. The fraction of sp³-hybridized carbons (Fsp3) is 0.433. The van der Waals surface area contributed by atoms with Crippen molar-refractivity contribution in [3.8, 4) is 16.2 Å². The highest BCUT2D eigenvalue weighted by Crippen LogP contribution is 2.39. The normalized spacial score (nSPS) is 14.9. The molecular weight excluding hydrogens is 530 g/mol. The highest BCUT2D eigenvalue weighted by molar-refractivity contribution is 7.16. The number of thiophene rings is 2. The van der Waals surface area contributed by atoms with Crippen molar-refractivity contribution in [1.29, 1.82) is 0 Å². The van der Waals surface area contributed by atoms with Crippen LogP contribution in [0.1, 0.15) is 77.4 Å². The second-order valence-electron chi connectivity index (χ2n) is 10.8. The third-order valence-corrected chi connectivity index (χ3v) is 8.97. The van der Waals surface area contributed by atoms with Crippen LogP contribution >= 0.6 is 22.7 Å². The molecule has 1 saturated heterocycles. The van der Waals surface area contributed by atoms with Crippen molar-refractivity contribution in [3.05, 3.63) is 62.7 Å². The molecule has 3 aromatic rings. The first-order valence-corrected chi connectivity index (χ1v) is 15.0. The van der Waals surface area contributed by atoms with E-state index in [0.29, 0.717) is 27.5 Å². The Kier molecular flexibility index (Phi) is 9.71. The third kappa shape index (κ3) is 7.63. The number of rotatable bonds is 10. The summed E-state index contributed by atoms with van der Waals surface area (Å²) in [5.41, 5.74) is 5.87. The Bertz CT molecular complexity index is 1310. The Balaban J connectivity index is 1.30. The number of carbonyl (C=O) groups is 2. The van der Waals surface area contributed by atoms with Crippen LogP contribution < -0.4 is 5.43 Å². The molecule has 0 bridgehead atoms. The monoisotopic (exact) mass is 567 g/mol. The van der Waals surface area contributed by atoms with Gasteiger partial charge in [-0.05, 0) is 55.0 Å². The number of morpholine rings is 1. The summed E-state index contributed by atoms with van der Waals surface area (Å²) in [6.07, 6.45) is 2.27. The number of nitrogens with zero attached hydrogens (tertiary/aromatic N) is 2. The number of hydrogen-bond acceptors (Lipinski definition) is 8. The SMILES string of the molecule is C/C(=N\NC(=O)c1ccc(C(=O)CCCCN2CCOCC2)s1)c1csc(-c2ccc(C(C)(C)C)cc2)c1O. The summed E-state index contributed by atoms with van der Waals surface area (Å²) in [6.45, 7) is 12.7. The second-order valence-corrected chi connectivity index (χ2v) is 12.8. The molecular formula is C30H37N3O4S2. The number of unbranched alkanes of at least 4 members (excludes halogenated alkanes) is 1. The van der Waals surface area contributed by atoms with E-state index in [1.54, 1.807) is 19.1 Å². The lowest BCUT2D eigenvalue weighted by molar-refractivity contribution is 0.0371. The third-order valence-electron chi connectivity index (χ3n) is 6.83. The molecule has 0 radical (unpaired) electrons. The lowest BCUT2D eigenvalue weighted by atomic mass is 9.86. The van der Waals surface area contributed by atoms with Gasteiger partial charge in [-0.3, -0.25) is 14.5 Å². The zero-order chi connectivity index (χ0) is 28.0. The van der Waals surface area contributed by atoms with Gasteiger partial charge in [0.1, 0.15) is 5.75 Å². The molecule has 3 heterocycles. The second kappa shape index (κ2) is 13.0. The molecule has 2 aromatic heterocycles. The van der Waals surface area contributed by atoms with Crippen LogP contribution in [0.3, 0.4) is 0 Å². The molecule has 0 saturated carbocycles. The van der Waals surface area contributed by atoms with Crippen molar-refractivity contribution in [1.82, 2.24) is 10.3 Å². The van der Waals surface area contributed by atoms with E-state index < -0.39 is 0 Å². The zero-order valence-electron chi connectivity index (χ0n) is 23.1. The van der Waals surface area contributed by atoms with Gasteiger partial charge in [-0.2, -0.15) is 5.10 Å². The largest absolute Gasteiger partial charge is 0.506 e. The van der Waals surface area contributed by atoms with Gasteiger partial charge in [-0.25, -0.2) is 5.43 Å². The Labute approximate surface area is 238 Å². The molecule has 0 spiro atoms. The van der Waals surface area contributed by atoms with Gasteiger partial charge < -0.3 is 9.84 Å². The molecule has 208 valence electrons. The molecule has 39 heavy (non-hydrogen) atoms. The molecule has 1 aromatic carbocycles. The average Bonchev–Trinajstić information content (AvgIpc) is 3.57. The maximum absolute atomic E-state index is 12.7. The number of hydrazone groups is 1. The van der Waals surface area contributed by atoms with Crippen LogP contribution in [0.15, 0.2) is 46.9 Å². The maximum atomic E-state index is 12.7. The summed E-state index contributed by atoms with van der Waals surface area (Å²) < 4.78 is 5.37. The van der Waals surface area contributed by atoms with E-state index in [9.17, 15) is 14.7 Å². The molecule has 1 aliphatic rings. The van der Waals surface area contributed by atoms with Crippen molar-refractivity contribution in [2.24, 2.45) is 5.10 Å². The van der Waals surface area contributed by atoms with Gasteiger partial charge in [0, 0.05) is 24.9 Å². The summed E-state index contributed by atoms with van der Waals surface area (Å²) in [5.74, 6) is -0.165. The molecule has 2 N–H and O–H groups in total. The van der Waals surface area contributed by atoms with Crippen LogP contribution in [0.4, 0.5) is 0 Å². The fourth-order valence-electron chi connectivity index (χ4n) is 4.36. The van der Waals surface area contributed by atoms with Gasteiger partial charge >= 0.3 is 0 Å². The van der Waals surface area contributed by atoms with Crippen LogP contribution in [-0.4, -0.2) is 60.3 Å². The number of hydrogen-bond donors (Lipinski definition) is 2. The number of ketones is 1. The van der Waals surface area contributed by atoms with Crippen molar-refractivity contribution in [2.45, 2.75) is 52.4 Å². The minimum absolute atomic E-state index is 0.0579. The number of ether oxygens (including phenoxy) is 1. The average molecular weight is 568 g/mol. The van der Waals surface area contributed by atoms with Crippen molar-refractivity contribution in [3.63, 3.8) is 0 Å². The predicted octanol–water partition coefficient (Wildman–Crippen LogP) is 6.32. The van der Waals surface area contributed by atoms with E-state index in [0.717, 1.165) is 56.1 Å². The lowest BCUT2D eigenvalue weighted by Crippen LogP contribution is -2.36.